The van der Waals surface area contributed by atoms with Crippen LogP contribution in [0.15, 0.2) is 24.8 Å². The topological polar surface area (TPSA) is 77.0 Å². The SMILES string of the molecule is C=S1(=C)CCC(O)(c2cn(-c3ncc(N)cc3F)cn2)C1. The Labute approximate surface area is 122 Å². The third-order valence-electron chi connectivity index (χ3n) is 3.64. The smallest absolute Gasteiger partial charge is 0.174 e. The second kappa shape index (κ2) is 4.57. The molecule has 7 heteroatoms. The van der Waals surface area contributed by atoms with E-state index in [-0.39, 0.29) is 11.5 Å². The first kappa shape index (κ1) is 14.1. The molecule has 0 bridgehead atoms. The molecule has 1 atom stereocenters. The van der Waals surface area contributed by atoms with E-state index >= 15 is 0 Å². The van der Waals surface area contributed by atoms with Crippen molar-refractivity contribution >= 4 is 26.6 Å². The van der Waals surface area contributed by atoms with E-state index in [2.05, 4.69) is 21.7 Å². The molecule has 3 rings (SSSR count). The monoisotopic (exact) mass is 308 g/mol. The number of rotatable bonds is 2. The summed E-state index contributed by atoms with van der Waals surface area (Å²) < 4.78 is 15.3. The van der Waals surface area contributed by atoms with Gasteiger partial charge in [0.15, 0.2) is 11.6 Å². The highest BCUT2D eigenvalue weighted by atomic mass is 32.2. The highest BCUT2D eigenvalue weighted by molar-refractivity contribution is 8.28. The molecule has 21 heavy (non-hydrogen) atoms. The van der Waals surface area contributed by atoms with Crippen LogP contribution in [0.25, 0.3) is 5.82 Å². The van der Waals surface area contributed by atoms with Gasteiger partial charge in [0.2, 0.25) is 0 Å². The number of nitrogens with two attached hydrogens (primary N) is 1. The predicted octanol–water partition coefficient (Wildman–Crippen LogP) is 1.25. The first-order chi connectivity index (χ1) is 9.79. The van der Waals surface area contributed by atoms with Crippen LogP contribution in [0.4, 0.5) is 10.1 Å². The van der Waals surface area contributed by atoms with Crippen LogP contribution in [0.1, 0.15) is 12.1 Å². The summed E-state index contributed by atoms with van der Waals surface area (Å²) >= 11 is 0. The van der Waals surface area contributed by atoms with Crippen molar-refractivity contribution in [3.63, 3.8) is 0 Å². The van der Waals surface area contributed by atoms with E-state index in [0.717, 1.165) is 5.75 Å². The number of nitrogens with zero attached hydrogens (tertiary/aromatic N) is 3. The van der Waals surface area contributed by atoms with E-state index in [1.807, 2.05) is 0 Å². The molecule has 0 spiro atoms. The molecular formula is C14H17FN4OS. The number of hydrogen-bond acceptors (Lipinski definition) is 4. The molecule has 0 saturated carbocycles. The van der Waals surface area contributed by atoms with Crippen molar-refractivity contribution in [2.75, 3.05) is 17.2 Å². The minimum absolute atomic E-state index is 0.104. The molecule has 0 radical (unpaired) electrons. The van der Waals surface area contributed by atoms with Crippen molar-refractivity contribution in [1.29, 1.82) is 0 Å². The summed E-state index contributed by atoms with van der Waals surface area (Å²) in [5.74, 6) is 9.01. The van der Waals surface area contributed by atoms with E-state index in [4.69, 9.17) is 5.73 Å². The molecule has 112 valence electrons. The molecule has 1 unspecified atom stereocenters. The zero-order valence-electron chi connectivity index (χ0n) is 11.5. The van der Waals surface area contributed by atoms with Gasteiger partial charge in [0.25, 0.3) is 0 Å². The Morgan fingerprint density at radius 2 is 2.19 bits per heavy atom. The first-order valence-electron chi connectivity index (χ1n) is 6.42. The fourth-order valence-electron chi connectivity index (χ4n) is 2.55. The van der Waals surface area contributed by atoms with E-state index in [0.29, 0.717) is 17.9 Å². The molecule has 3 N–H and O–H groups in total. The van der Waals surface area contributed by atoms with Crippen LogP contribution in [0.2, 0.25) is 0 Å². The number of anilines is 1. The molecule has 2 aromatic rings. The van der Waals surface area contributed by atoms with E-state index in [1.165, 1.54) is 23.2 Å². The Morgan fingerprint density at radius 1 is 1.43 bits per heavy atom. The second-order valence-electron chi connectivity index (χ2n) is 5.60. The average Bonchev–Trinajstić information content (AvgIpc) is 2.95. The fraction of sp³-hybridized carbons (Fsp3) is 0.286. The zero-order valence-corrected chi connectivity index (χ0v) is 12.3. The fourth-order valence-corrected chi connectivity index (χ4v) is 4.77. The van der Waals surface area contributed by atoms with Crippen LogP contribution in [0.3, 0.4) is 0 Å². The lowest BCUT2D eigenvalue weighted by atomic mass is 10.0. The van der Waals surface area contributed by atoms with Gasteiger partial charge in [0.05, 0.1) is 17.6 Å². The van der Waals surface area contributed by atoms with Crippen molar-refractivity contribution in [3.05, 3.63) is 36.3 Å². The number of aliphatic hydroxyl groups is 1. The summed E-state index contributed by atoms with van der Waals surface area (Å²) in [5, 5.41) is 10.7. The Morgan fingerprint density at radius 3 is 2.81 bits per heavy atom. The number of halogens is 1. The van der Waals surface area contributed by atoms with Crippen LogP contribution < -0.4 is 5.73 Å². The van der Waals surface area contributed by atoms with Crippen molar-refractivity contribution in [2.45, 2.75) is 12.0 Å². The number of hydrogen-bond donors (Lipinski definition) is 2. The Bertz CT molecular complexity index is 799. The van der Waals surface area contributed by atoms with Gasteiger partial charge < -0.3 is 10.8 Å². The van der Waals surface area contributed by atoms with E-state index < -0.39 is 20.6 Å². The maximum Gasteiger partial charge on any atom is 0.174 e. The van der Waals surface area contributed by atoms with Gasteiger partial charge in [-0.25, -0.2) is 23.6 Å². The average molecular weight is 308 g/mol. The van der Waals surface area contributed by atoms with Gasteiger partial charge in [-0.05, 0) is 12.2 Å². The Kier molecular flexibility index (Phi) is 3.07. The Hall–Kier alpha value is -1.86. The molecule has 1 saturated heterocycles. The Balaban J connectivity index is 1.97. The maximum atomic E-state index is 13.9. The molecule has 5 nitrogen and oxygen atoms in total. The van der Waals surface area contributed by atoms with Gasteiger partial charge in [-0.15, -0.1) is 0 Å². The summed E-state index contributed by atoms with van der Waals surface area (Å²) in [7, 11) is -1.28. The molecule has 1 aliphatic rings. The van der Waals surface area contributed by atoms with Gasteiger partial charge in [-0.1, -0.05) is 11.7 Å². The molecular weight excluding hydrogens is 291 g/mol. The number of aromatic nitrogens is 3. The summed E-state index contributed by atoms with van der Waals surface area (Å²) in [6, 6.07) is 1.20. The summed E-state index contributed by atoms with van der Waals surface area (Å²) in [6.07, 6.45) is 4.99. The molecule has 1 fully saturated rings. The number of pyridine rings is 1. The lowest BCUT2D eigenvalue weighted by Gasteiger charge is -2.19. The second-order valence-corrected chi connectivity index (χ2v) is 8.74. The van der Waals surface area contributed by atoms with Crippen molar-refractivity contribution in [3.8, 4) is 5.82 Å². The van der Waals surface area contributed by atoms with Crippen LogP contribution >= 0.6 is 9.21 Å². The van der Waals surface area contributed by atoms with Gasteiger partial charge >= 0.3 is 0 Å². The maximum absolute atomic E-state index is 13.9. The third-order valence-corrected chi connectivity index (χ3v) is 5.80. The van der Waals surface area contributed by atoms with Crippen LogP contribution in [-0.4, -0.2) is 42.9 Å². The summed E-state index contributed by atoms with van der Waals surface area (Å²) in [5.41, 5.74) is 5.21. The highest BCUT2D eigenvalue weighted by Crippen LogP contribution is 2.42. The van der Waals surface area contributed by atoms with Gasteiger partial charge in [0, 0.05) is 18.0 Å². The lowest BCUT2D eigenvalue weighted by molar-refractivity contribution is 0.0615. The predicted molar refractivity (Wildman–Crippen MR) is 85.8 cm³/mol. The van der Waals surface area contributed by atoms with Crippen LogP contribution in [0, 0.1) is 5.82 Å². The van der Waals surface area contributed by atoms with Crippen molar-refractivity contribution in [2.24, 2.45) is 0 Å². The van der Waals surface area contributed by atoms with Crippen LogP contribution in [-0.2, 0) is 5.60 Å². The summed E-state index contributed by atoms with van der Waals surface area (Å²) in [4.78, 5) is 8.17. The largest absolute Gasteiger partial charge is 0.397 e. The van der Waals surface area contributed by atoms with Crippen molar-refractivity contribution < 1.29 is 9.50 Å². The van der Waals surface area contributed by atoms with E-state index in [9.17, 15) is 9.50 Å². The van der Waals surface area contributed by atoms with Gasteiger partial charge in [0.1, 0.15) is 11.9 Å². The van der Waals surface area contributed by atoms with E-state index in [1.54, 1.807) is 6.20 Å². The summed E-state index contributed by atoms with van der Waals surface area (Å²) in [6.45, 7) is 0. The number of nitrogen functional groups attached to an aromatic ring is 1. The quantitative estimate of drug-likeness (QED) is 0.819. The molecule has 2 aromatic heterocycles. The lowest BCUT2D eigenvalue weighted by Crippen LogP contribution is -2.25. The highest BCUT2D eigenvalue weighted by Gasteiger charge is 2.38. The molecule has 0 aliphatic carbocycles. The van der Waals surface area contributed by atoms with Gasteiger partial charge in [-0.3, -0.25) is 4.57 Å². The number of imidazole rings is 1. The van der Waals surface area contributed by atoms with Crippen molar-refractivity contribution in [1.82, 2.24) is 14.5 Å². The van der Waals surface area contributed by atoms with Crippen LogP contribution in [0.5, 0.6) is 0 Å². The molecule has 1 aliphatic heterocycles. The first-order valence-corrected chi connectivity index (χ1v) is 8.73. The standard InChI is InChI=1S/C14H17FN4OS/c1-21(2)4-3-14(20,8-21)12-7-19(9-18-12)13-11(15)5-10(16)6-17-13/h5-7,9,20H,1-4,8,16H2. The van der Waals surface area contributed by atoms with Gasteiger partial charge in [-0.2, -0.15) is 0 Å². The normalized spacial score (nSPS) is 24.3. The molecule has 3 heterocycles. The minimum Gasteiger partial charge on any atom is -0.397 e. The third kappa shape index (κ3) is 2.54. The molecule has 0 amide bonds. The molecule has 0 aromatic carbocycles. The zero-order chi connectivity index (χ0) is 15.3. The minimum atomic E-state index is -1.28.